The number of nitrogens with one attached hydrogen (secondary N) is 3. The van der Waals surface area contributed by atoms with Gasteiger partial charge in [0, 0.05) is 13.5 Å². The summed E-state index contributed by atoms with van der Waals surface area (Å²) in [5, 5.41) is 7.63. The molecule has 0 radical (unpaired) electrons. The summed E-state index contributed by atoms with van der Waals surface area (Å²) in [5.74, 6) is -1.88. The fraction of sp³-hybridized carbons (Fsp3) is 0.469. The number of ether oxygens (including phenoxy) is 3. The van der Waals surface area contributed by atoms with E-state index in [0.29, 0.717) is 12.0 Å². The topological polar surface area (TPSA) is 175 Å². The molecule has 0 saturated carbocycles. The summed E-state index contributed by atoms with van der Waals surface area (Å²) in [7, 11) is 0. The second-order valence-corrected chi connectivity index (χ2v) is 9.27. The van der Waals surface area contributed by atoms with Crippen LogP contribution >= 0.6 is 0 Å². The van der Waals surface area contributed by atoms with E-state index in [0.717, 1.165) is 5.56 Å². The first-order valence-corrected chi connectivity index (χ1v) is 14.8. The van der Waals surface area contributed by atoms with Crippen LogP contribution in [0, 0.1) is 5.92 Å². The van der Waals surface area contributed by atoms with Crippen LogP contribution in [0.3, 0.4) is 0 Å². The average molecular weight is 617 g/mol. The molecule has 0 saturated heterocycles. The highest BCUT2D eigenvalue weighted by atomic mass is 16.6. The third-order valence-corrected chi connectivity index (χ3v) is 5.59. The van der Waals surface area contributed by atoms with Gasteiger partial charge < -0.3 is 35.9 Å². The number of benzene rings is 2. The third-order valence-electron chi connectivity index (χ3n) is 5.59. The van der Waals surface area contributed by atoms with Gasteiger partial charge in [-0.1, -0.05) is 84.0 Å². The molecule has 1 unspecified atom stereocenters. The first-order valence-electron chi connectivity index (χ1n) is 14.8. The molecular formula is C32H48N4O8. The van der Waals surface area contributed by atoms with Gasteiger partial charge in [0.05, 0.1) is 0 Å². The molecule has 0 aliphatic carbocycles. The molecule has 244 valence electrons. The van der Waals surface area contributed by atoms with Crippen molar-refractivity contribution in [1.29, 1.82) is 0 Å². The van der Waals surface area contributed by atoms with Gasteiger partial charge in [0.2, 0.25) is 5.91 Å². The minimum Gasteiger partial charge on any atom is -0.461 e. The largest absolute Gasteiger partial charge is 0.461 e. The van der Waals surface area contributed by atoms with Crippen LogP contribution in [0.4, 0.5) is 9.59 Å². The molecule has 44 heavy (non-hydrogen) atoms. The predicted octanol–water partition coefficient (Wildman–Crippen LogP) is 4.59. The van der Waals surface area contributed by atoms with Crippen LogP contribution in [-0.2, 0) is 37.1 Å². The Morgan fingerprint density at radius 3 is 1.91 bits per heavy atom. The van der Waals surface area contributed by atoms with Crippen LogP contribution in [0.2, 0.25) is 0 Å². The maximum Gasteiger partial charge on any atom is 0.408 e. The van der Waals surface area contributed by atoms with Crippen LogP contribution in [0.15, 0.2) is 54.6 Å². The van der Waals surface area contributed by atoms with Crippen molar-refractivity contribution in [3.8, 4) is 5.75 Å². The fourth-order valence-electron chi connectivity index (χ4n) is 3.48. The minimum absolute atomic E-state index is 0.0284. The van der Waals surface area contributed by atoms with Crippen molar-refractivity contribution in [1.82, 2.24) is 16.0 Å². The summed E-state index contributed by atoms with van der Waals surface area (Å²) in [4.78, 5) is 60.6. The molecule has 0 aliphatic rings. The van der Waals surface area contributed by atoms with E-state index in [1.165, 1.54) is 19.1 Å². The number of urea groups is 1. The van der Waals surface area contributed by atoms with E-state index in [1.807, 2.05) is 45.9 Å². The van der Waals surface area contributed by atoms with E-state index >= 15 is 0 Å². The fourth-order valence-corrected chi connectivity index (χ4v) is 3.48. The normalized spacial score (nSPS) is 11.2. The van der Waals surface area contributed by atoms with Crippen molar-refractivity contribution in [3.63, 3.8) is 0 Å². The minimum atomic E-state index is -1.09. The number of rotatable bonds is 14. The summed E-state index contributed by atoms with van der Waals surface area (Å²) in [6.07, 6.45) is -0.349. The van der Waals surface area contributed by atoms with Crippen molar-refractivity contribution in [2.24, 2.45) is 11.7 Å². The summed E-state index contributed by atoms with van der Waals surface area (Å²) in [6.45, 7) is 13.1. The van der Waals surface area contributed by atoms with Crippen LogP contribution in [-0.4, -0.2) is 48.6 Å². The Bertz CT molecular complexity index is 1140. The van der Waals surface area contributed by atoms with Gasteiger partial charge in [0.25, 0.3) is 0 Å². The quantitative estimate of drug-likeness (QED) is 0.135. The summed E-state index contributed by atoms with van der Waals surface area (Å²) in [6, 6.07) is 12.6. The van der Waals surface area contributed by atoms with Crippen LogP contribution in [0.5, 0.6) is 5.75 Å². The van der Waals surface area contributed by atoms with Crippen molar-refractivity contribution < 1.29 is 38.2 Å². The number of alkyl carbamates (subject to hydrolysis) is 1. The van der Waals surface area contributed by atoms with Gasteiger partial charge in [-0.3, -0.25) is 9.59 Å². The molecule has 0 aliphatic heterocycles. The highest BCUT2D eigenvalue weighted by molar-refractivity contribution is 5.90. The lowest BCUT2D eigenvalue weighted by molar-refractivity contribution is -0.142. The second kappa shape index (κ2) is 22.9. The molecule has 12 heteroatoms. The van der Waals surface area contributed by atoms with E-state index in [4.69, 9.17) is 19.9 Å². The Morgan fingerprint density at radius 1 is 0.795 bits per heavy atom. The lowest BCUT2D eigenvalue weighted by atomic mass is 10.0. The number of hydrogen-bond donors (Lipinski definition) is 4. The van der Waals surface area contributed by atoms with Gasteiger partial charge in [0.15, 0.2) is 0 Å². The van der Waals surface area contributed by atoms with E-state index in [1.54, 1.807) is 38.1 Å². The van der Waals surface area contributed by atoms with Gasteiger partial charge in [0.1, 0.15) is 31.0 Å². The first-order chi connectivity index (χ1) is 21.0. The molecule has 0 heterocycles. The summed E-state index contributed by atoms with van der Waals surface area (Å²) in [5.41, 5.74) is 6.58. The number of nitrogens with two attached hydrogens (primary N) is 1. The first kappa shape index (κ1) is 39.4. The lowest BCUT2D eigenvalue weighted by Crippen LogP contribution is -2.54. The molecule has 12 nitrogen and oxygen atoms in total. The van der Waals surface area contributed by atoms with Crippen LogP contribution in [0.1, 0.15) is 72.4 Å². The van der Waals surface area contributed by atoms with Crippen molar-refractivity contribution in [2.75, 3.05) is 6.54 Å². The Morgan fingerprint density at radius 2 is 1.36 bits per heavy atom. The molecule has 2 rings (SSSR count). The zero-order valence-corrected chi connectivity index (χ0v) is 26.8. The molecule has 4 amide bonds. The Kier molecular flexibility index (Phi) is 20.5. The smallest absolute Gasteiger partial charge is 0.408 e. The zero-order valence-electron chi connectivity index (χ0n) is 26.8. The highest BCUT2D eigenvalue weighted by Crippen LogP contribution is 2.15. The Labute approximate surface area is 260 Å². The number of esters is 2. The number of hydrogen-bond acceptors (Lipinski definition) is 8. The van der Waals surface area contributed by atoms with Crippen molar-refractivity contribution in [2.45, 2.75) is 86.6 Å². The maximum absolute atomic E-state index is 13.2. The van der Waals surface area contributed by atoms with Crippen molar-refractivity contribution in [3.05, 3.63) is 65.7 Å². The van der Waals surface area contributed by atoms with E-state index in [9.17, 15) is 24.0 Å². The molecule has 0 fully saturated rings. The monoisotopic (exact) mass is 616 g/mol. The zero-order chi connectivity index (χ0) is 33.5. The predicted molar refractivity (Wildman–Crippen MR) is 167 cm³/mol. The molecule has 2 aromatic carbocycles. The molecule has 0 spiro atoms. The maximum atomic E-state index is 13.2. The van der Waals surface area contributed by atoms with E-state index < -0.39 is 42.1 Å². The molecule has 2 aromatic rings. The third kappa shape index (κ3) is 16.7. The summed E-state index contributed by atoms with van der Waals surface area (Å²) >= 11 is 0. The van der Waals surface area contributed by atoms with E-state index in [-0.39, 0.29) is 37.8 Å². The highest BCUT2D eigenvalue weighted by Gasteiger charge is 2.30. The Balaban J connectivity index is 0.00000443. The van der Waals surface area contributed by atoms with Crippen molar-refractivity contribution >= 4 is 30.0 Å². The van der Waals surface area contributed by atoms with Crippen LogP contribution in [0.25, 0.3) is 0 Å². The second-order valence-electron chi connectivity index (χ2n) is 9.27. The van der Waals surface area contributed by atoms with Gasteiger partial charge >= 0.3 is 24.1 Å². The number of carbonyl (C=O) groups is 5. The molecule has 5 N–H and O–H groups in total. The van der Waals surface area contributed by atoms with Gasteiger partial charge in [-0.05, 0) is 42.0 Å². The molecule has 0 bridgehead atoms. The molecule has 2 atom stereocenters. The summed E-state index contributed by atoms with van der Waals surface area (Å²) < 4.78 is 15.6. The Hall–Kier alpha value is -4.61. The van der Waals surface area contributed by atoms with Gasteiger partial charge in [-0.25, -0.2) is 14.4 Å². The molecular weight excluding hydrogens is 568 g/mol. The standard InChI is InChI=1S/C28H36N4O8.2C2H6/c1-18(2)24(32-28(37)39-17-20-8-5-4-6-9-20)25(34)31-23(10-7-15-30-27(29)36)26(35)40-22-13-11-21(12-14-22)16-38-19(3)33;2*1-2/h4-6,8-9,11-14,18,23-24H,7,10,15-17H2,1-3H3,(H,31,34)(H,32,37)(H3,29,30,36);2*1-2H3/t23-,24?;;/m0../s1. The number of amides is 4. The lowest BCUT2D eigenvalue weighted by Gasteiger charge is -2.24. The SMILES string of the molecule is CC.CC.CC(=O)OCc1ccc(OC(=O)[C@H](CCCNC(N)=O)NC(=O)C(NC(=O)OCc2ccccc2)C(C)C)cc1. The number of primary amides is 1. The van der Waals surface area contributed by atoms with E-state index in [2.05, 4.69) is 16.0 Å². The van der Waals surface area contributed by atoms with Gasteiger partial charge in [-0.2, -0.15) is 0 Å². The average Bonchev–Trinajstić information content (AvgIpc) is 3.02. The molecule has 0 aromatic heterocycles. The number of carbonyl (C=O) groups excluding carboxylic acids is 5. The van der Waals surface area contributed by atoms with Crippen LogP contribution < -0.4 is 26.4 Å². The van der Waals surface area contributed by atoms with Gasteiger partial charge in [-0.15, -0.1) is 0 Å².